The maximum atomic E-state index is 11.5. The Hall–Kier alpha value is -2.69. The molecule has 1 aliphatic rings. The highest BCUT2D eigenvalue weighted by Gasteiger charge is 2.13. The van der Waals surface area contributed by atoms with Crippen molar-refractivity contribution >= 4 is 28.8 Å². The third-order valence-corrected chi connectivity index (χ3v) is 3.51. The molecule has 0 bridgehead atoms. The number of rotatable bonds is 5. The Bertz CT molecular complexity index is 681. The Balaban J connectivity index is 2.26. The second-order valence-corrected chi connectivity index (χ2v) is 5.16. The average Bonchev–Trinajstić information content (AvgIpc) is 2.52. The zero-order valence-electron chi connectivity index (χ0n) is 13.7. The molecule has 0 unspecified atom stereocenters. The van der Waals surface area contributed by atoms with E-state index in [1.54, 1.807) is 6.08 Å². The monoisotopic (exact) mass is 311 g/mol. The van der Waals surface area contributed by atoms with Crippen LogP contribution in [0.4, 0.5) is 11.4 Å². The highest BCUT2D eigenvalue weighted by atomic mass is 16.1. The van der Waals surface area contributed by atoms with E-state index in [0.717, 1.165) is 24.5 Å². The molecule has 0 atom stereocenters. The van der Waals surface area contributed by atoms with Crippen molar-refractivity contribution < 1.29 is 9.59 Å². The number of aliphatic imine (C=N–C) groups is 1. The lowest BCUT2D eigenvalue weighted by Gasteiger charge is -2.20. The van der Waals surface area contributed by atoms with E-state index in [1.165, 1.54) is 19.1 Å². The number of nitrogens with zero attached hydrogens (tertiary/aromatic N) is 2. The van der Waals surface area contributed by atoms with Crippen molar-refractivity contribution in [2.75, 3.05) is 18.0 Å². The summed E-state index contributed by atoms with van der Waals surface area (Å²) in [6.45, 7) is 7.54. The van der Waals surface area contributed by atoms with Crippen LogP contribution in [0.3, 0.4) is 0 Å². The topological polar surface area (TPSA) is 61.8 Å². The highest BCUT2D eigenvalue weighted by molar-refractivity contribution is 6.21. The van der Waals surface area contributed by atoms with Crippen LogP contribution in [0.15, 0.2) is 53.2 Å². The van der Waals surface area contributed by atoms with Crippen molar-refractivity contribution in [3.63, 3.8) is 0 Å². The van der Waals surface area contributed by atoms with Gasteiger partial charge in [0.05, 0.1) is 17.1 Å². The molecule has 5 nitrogen and oxygen atoms in total. The molecule has 2 rings (SSSR count). The summed E-state index contributed by atoms with van der Waals surface area (Å²) in [6, 6.07) is 7.89. The van der Waals surface area contributed by atoms with Crippen LogP contribution in [0.5, 0.6) is 0 Å². The van der Waals surface area contributed by atoms with E-state index in [2.05, 4.69) is 29.1 Å². The van der Waals surface area contributed by atoms with Gasteiger partial charge in [-0.2, -0.15) is 0 Å². The summed E-state index contributed by atoms with van der Waals surface area (Å²) >= 11 is 0. The molecule has 0 fully saturated rings. The minimum absolute atomic E-state index is 0.162. The first-order valence-corrected chi connectivity index (χ1v) is 7.69. The zero-order chi connectivity index (χ0) is 16.8. The number of allylic oxidation sites excluding steroid dienone is 3. The largest absolute Gasteiger partial charge is 0.372 e. The van der Waals surface area contributed by atoms with Gasteiger partial charge < -0.3 is 10.2 Å². The van der Waals surface area contributed by atoms with Gasteiger partial charge in [-0.05, 0) is 50.3 Å². The lowest BCUT2D eigenvalue weighted by molar-refractivity contribution is -0.118. The second-order valence-electron chi connectivity index (χ2n) is 5.16. The van der Waals surface area contributed by atoms with E-state index in [1.807, 2.05) is 24.3 Å². The van der Waals surface area contributed by atoms with Crippen molar-refractivity contribution in [1.82, 2.24) is 5.32 Å². The van der Waals surface area contributed by atoms with Crippen LogP contribution in [0.1, 0.15) is 20.8 Å². The summed E-state index contributed by atoms with van der Waals surface area (Å²) in [4.78, 5) is 29.5. The predicted octanol–water partition coefficient (Wildman–Crippen LogP) is 2.76. The first-order valence-electron chi connectivity index (χ1n) is 7.69. The molecule has 0 aromatic heterocycles. The van der Waals surface area contributed by atoms with Crippen molar-refractivity contribution in [2.24, 2.45) is 4.99 Å². The number of benzene rings is 1. The van der Waals surface area contributed by atoms with E-state index in [-0.39, 0.29) is 11.7 Å². The Kier molecular flexibility index (Phi) is 5.46. The molecule has 0 radical (unpaired) electrons. The number of amides is 1. The maximum absolute atomic E-state index is 11.5. The SMILES string of the molecule is CCN(CC)c1ccc(N=C2C=CC(=O)C=C2NC(C)=O)cc1. The molecule has 23 heavy (non-hydrogen) atoms. The molecule has 0 aliphatic heterocycles. The van der Waals surface area contributed by atoms with Crippen LogP contribution in [0, 0.1) is 0 Å². The van der Waals surface area contributed by atoms with Gasteiger partial charge in [-0.3, -0.25) is 9.59 Å². The lowest BCUT2D eigenvalue weighted by Crippen LogP contribution is -2.26. The Morgan fingerprint density at radius 2 is 1.78 bits per heavy atom. The summed E-state index contributed by atoms with van der Waals surface area (Å²) in [5.41, 5.74) is 2.91. The normalized spacial score (nSPS) is 15.5. The fourth-order valence-corrected chi connectivity index (χ4v) is 2.37. The summed E-state index contributed by atoms with van der Waals surface area (Å²) in [6.07, 6.45) is 4.44. The lowest BCUT2D eigenvalue weighted by atomic mass is 10.1. The van der Waals surface area contributed by atoms with Gasteiger partial charge in [0.25, 0.3) is 0 Å². The number of nitrogens with one attached hydrogen (secondary N) is 1. The first kappa shape index (κ1) is 16.7. The van der Waals surface area contributed by atoms with Gasteiger partial charge in [0.1, 0.15) is 0 Å². The number of ketones is 1. The molecular formula is C18H21N3O2. The third kappa shape index (κ3) is 4.39. The van der Waals surface area contributed by atoms with Gasteiger partial charge in [0.15, 0.2) is 5.78 Å². The summed E-state index contributed by atoms with van der Waals surface area (Å²) in [5, 5.41) is 2.64. The highest BCUT2D eigenvalue weighted by Crippen LogP contribution is 2.21. The van der Waals surface area contributed by atoms with Crippen molar-refractivity contribution in [3.8, 4) is 0 Å². The van der Waals surface area contributed by atoms with Gasteiger partial charge in [0.2, 0.25) is 5.91 Å². The van der Waals surface area contributed by atoms with Gasteiger partial charge in [-0.25, -0.2) is 4.99 Å². The van der Waals surface area contributed by atoms with Gasteiger partial charge >= 0.3 is 0 Å². The van der Waals surface area contributed by atoms with Crippen molar-refractivity contribution in [3.05, 3.63) is 48.2 Å². The smallest absolute Gasteiger partial charge is 0.221 e. The number of anilines is 1. The minimum atomic E-state index is -0.232. The van der Waals surface area contributed by atoms with Crippen molar-refractivity contribution in [2.45, 2.75) is 20.8 Å². The van der Waals surface area contributed by atoms with E-state index >= 15 is 0 Å². The first-order chi connectivity index (χ1) is 11.0. The van der Waals surface area contributed by atoms with Gasteiger partial charge in [0, 0.05) is 31.8 Å². The van der Waals surface area contributed by atoms with Crippen LogP contribution < -0.4 is 10.2 Å². The zero-order valence-corrected chi connectivity index (χ0v) is 13.7. The predicted molar refractivity (Wildman–Crippen MR) is 93.1 cm³/mol. The standard InChI is InChI=1S/C18H21N3O2/c1-4-21(5-2)15-8-6-14(7-9-15)20-17-11-10-16(23)12-18(17)19-13(3)22/h6-12H,4-5H2,1-3H3,(H,19,22). The molecule has 1 aromatic carbocycles. The number of carbonyl (C=O) groups is 2. The Labute approximate surface area is 136 Å². The molecule has 120 valence electrons. The molecule has 1 N–H and O–H groups in total. The molecule has 0 spiro atoms. The molecule has 1 aliphatic carbocycles. The molecule has 5 heteroatoms. The molecule has 1 amide bonds. The molecule has 0 heterocycles. The number of carbonyl (C=O) groups excluding carboxylic acids is 2. The van der Waals surface area contributed by atoms with Crippen LogP contribution >= 0.6 is 0 Å². The molecule has 0 saturated carbocycles. The molecular weight excluding hydrogens is 290 g/mol. The number of hydrogen-bond acceptors (Lipinski definition) is 4. The fourth-order valence-electron chi connectivity index (χ4n) is 2.37. The van der Waals surface area contributed by atoms with Crippen molar-refractivity contribution in [1.29, 1.82) is 0 Å². The van der Waals surface area contributed by atoms with Crippen LogP contribution in [0.25, 0.3) is 0 Å². The second kappa shape index (κ2) is 7.54. The van der Waals surface area contributed by atoms with E-state index in [0.29, 0.717) is 11.4 Å². The van der Waals surface area contributed by atoms with E-state index in [9.17, 15) is 9.59 Å². The summed E-state index contributed by atoms with van der Waals surface area (Å²) < 4.78 is 0. The van der Waals surface area contributed by atoms with Crippen LogP contribution in [-0.4, -0.2) is 30.5 Å². The van der Waals surface area contributed by atoms with Crippen LogP contribution in [0.2, 0.25) is 0 Å². The van der Waals surface area contributed by atoms with E-state index < -0.39 is 0 Å². The maximum Gasteiger partial charge on any atom is 0.221 e. The minimum Gasteiger partial charge on any atom is -0.372 e. The Morgan fingerprint density at radius 3 is 2.35 bits per heavy atom. The summed E-state index contributed by atoms with van der Waals surface area (Å²) in [5.74, 6) is -0.395. The van der Waals surface area contributed by atoms with Gasteiger partial charge in [-0.15, -0.1) is 0 Å². The number of hydrogen-bond donors (Lipinski definition) is 1. The van der Waals surface area contributed by atoms with Crippen LogP contribution in [-0.2, 0) is 9.59 Å². The van der Waals surface area contributed by atoms with Gasteiger partial charge in [-0.1, -0.05) is 0 Å². The molecule has 1 aromatic rings. The third-order valence-electron chi connectivity index (χ3n) is 3.51. The summed E-state index contributed by atoms with van der Waals surface area (Å²) in [7, 11) is 0. The quantitative estimate of drug-likeness (QED) is 0.851. The fraction of sp³-hybridized carbons (Fsp3) is 0.278. The Morgan fingerprint density at radius 1 is 1.13 bits per heavy atom. The molecule has 0 saturated heterocycles. The average molecular weight is 311 g/mol. The van der Waals surface area contributed by atoms with E-state index in [4.69, 9.17) is 0 Å².